The van der Waals surface area contributed by atoms with E-state index in [0.29, 0.717) is 21.7 Å². The van der Waals surface area contributed by atoms with E-state index in [0.717, 1.165) is 11.3 Å². The molecule has 1 aromatic carbocycles. The van der Waals surface area contributed by atoms with Gasteiger partial charge in [-0.3, -0.25) is 0 Å². The van der Waals surface area contributed by atoms with Crippen molar-refractivity contribution in [3.63, 3.8) is 0 Å². The molecule has 0 saturated heterocycles. The minimum absolute atomic E-state index is 0.0590. The molecule has 0 spiro atoms. The quantitative estimate of drug-likeness (QED) is 0.914. The van der Waals surface area contributed by atoms with Gasteiger partial charge < -0.3 is 19.1 Å². The van der Waals surface area contributed by atoms with Crippen molar-refractivity contribution in [3.05, 3.63) is 39.7 Å². The van der Waals surface area contributed by atoms with Gasteiger partial charge in [-0.1, -0.05) is 5.16 Å². The second-order valence-corrected chi connectivity index (χ2v) is 4.84. The van der Waals surface area contributed by atoms with Gasteiger partial charge in [0.15, 0.2) is 17.3 Å². The second kappa shape index (κ2) is 6.08. The molecule has 19 heavy (non-hydrogen) atoms. The van der Waals surface area contributed by atoms with E-state index in [2.05, 4.69) is 21.1 Å². The zero-order chi connectivity index (χ0) is 13.8. The lowest BCUT2D eigenvalue weighted by atomic mass is 10.2. The van der Waals surface area contributed by atoms with Crippen molar-refractivity contribution in [1.29, 1.82) is 0 Å². The monoisotopic (exact) mass is 327 g/mol. The normalized spacial score (nSPS) is 10.5. The molecule has 0 fully saturated rings. The molecule has 0 amide bonds. The summed E-state index contributed by atoms with van der Waals surface area (Å²) in [5, 5.41) is 12.9. The molecule has 5 nitrogen and oxygen atoms in total. The van der Waals surface area contributed by atoms with Crippen LogP contribution in [0.4, 0.5) is 0 Å². The Hall–Kier alpha value is -1.53. The fourth-order valence-corrected chi connectivity index (χ4v) is 2.24. The van der Waals surface area contributed by atoms with E-state index in [4.69, 9.17) is 19.1 Å². The Balaban J connectivity index is 2.19. The predicted molar refractivity (Wildman–Crippen MR) is 72.2 cm³/mol. The Kier molecular flexibility index (Phi) is 4.44. The molecular weight excluding hydrogens is 314 g/mol. The molecule has 0 aliphatic carbocycles. The highest BCUT2D eigenvalue weighted by Gasteiger charge is 2.12. The highest BCUT2D eigenvalue weighted by Crippen LogP contribution is 2.37. The summed E-state index contributed by atoms with van der Waals surface area (Å²) in [7, 11) is 1.55. The van der Waals surface area contributed by atoms with Crippen molar-refractivity contribution >= 4 is 15.9 Å². The molecule has 102 valence electrons. The van der Waals surface area contributed by atoms with Gasteiger partial charge >= 0.3 is 0 Å². The van der Waals surface area contributed by atoms with E-state index in [1.807, 2.05) is 13.0 Å². The van der Waals surface area contributed by atoms with Gasteiger partial charge in [-0.25, -0.2) is 0 Å². The van der Waals surface area contributed by atoms with Crippen LogP contribution in [0.5, 0.6) is 11.5 Å². The van der Waals surface area contributed by atoms with Crippen molar-refractivity contribution in [1.82, 2.24) is 5.16 Å². The molecular formula is C13H14BrNO4. The minimum Gasteiger partial charge on any atom is -0.493 e. The second-order valence-electron chi connectivity index (χ2n) is 3.99. The van der Waals surface area contributed by atoms with Crippen LogP contribution >= 0.6 is 15.9 Å². The summed E-state index contributed by atoms with van der Waals surface area (Å²) in [5.41, 5.74) is 1.55. The van der Waals surface area contributed by atoms with Gasteiger partial charge in [0.05, 0.1) is 23.9 Å². The number of methoxy groups -OCH3 is 1. The molecule has 0 radical (unpaired) electrons. The molecule has 0 bridgehead atoms. The maximum absolute atomic E-state index is 9.14. The smallest absolute Gasteiger partial charge is 0.176 e. The van der Waals surface area contributed by atoms with Gasteiger partial charge in [-0.2, -0.15) is 0 Å². The third-order valence-electron chi connectivity index (χ3n) is 2.51. The van der Waals surface area contributed by atoms with Gasteiger partial charge in [0.2, 0.25) is 0 Å². The van der Waals surface area contributed by atoms with Crippen LogP contribution in [-0.2, 0) is 13.2 Å². The van der Waals surface area contributed by atoms with Crippen LogP contribution in [0.15, 0.2) is 27.2 Å². The highest BCUT2D eigenvalue weighted by molar-refractivity contribution is 9.10. The zero-order valence-electron chi connectivity index (χ0n) is 10.6. The van der Waals surface area contributed by atoms with Crippen LogP contribution in [0.2, 0.25) is 0 Å². The summed E-state index contributed by atoms with van der Waals surface area (Å²) in [4.78, 5) is 0. The third-order valence-corrected chi connectivity index (χ3v) is 3.10. The van der Waals surface area contributed by atoms with Gasteiger partial charge in [0.1, 0.15) is 6.61 Å². The number of rotatable bonds is 5. The standard InChI is InChI=1S/C13H14BrNO4/c1-8-3-10(19-15-8)7-18-13-11(14)4-9(6-16)5-12(13)17-2/h3-5,16H,6-7H2,1-2H3. The fraction of sp³-hybridized carbons (Fsp3) is 0.308. The zero-order valence-corrected chi connectivity index (χ0v) is 12.2. The summed E-state index contributed by atoms with van der Waals surface area (Å²) in [6.45, 7) is 2.05. The van der Waals surface area contributed by atoms with Crippen LogP contribution in [0.3, 0.4) is 0 Å². The number of halogens is 1. The Labute approximate surface area is 119 Å². The van der Waals surface area contributed by atoms with Gasteiger partial charge in [0.25, 0.3) is 0 Å². The van der Waals surface area contributed by atoms with Gasteiger partial charge in [0, 0.05) is 6.07 Å². The Morgan fingerprint density at radius 2 is 2.16 bits per heavy atom. The molecule has 2 rings (SSSR count). The summed E-state index contributed by atoms with van der Waals surface area (Å²) < 4.78 is 16.7. The van der Waals surface area contributed by atoms with E-state index in [1.165, 1.54) is 0 Å². The summed E-state index contributed by atoms with van der Waals surface area (Å²) in [6, 6.07) is 5.32. The number of aryl methyl sites for hydroxylation is 1. The first-order valence-electron chi connectivity index (χ1n) is 5.66. The van der Waals surface area contributed by atoms with Gasteiger partial charge in [-0.05, 0) is 40.5 Å². The number of ether oxygens (including phenoxy) is 2. The number of hydrogen-bond acceptors (Lipinski definition) is 5. The van der Waals surface area contributed by atoms with Crippen LogP contribution in [0.25, 0.3) is 0 Å². The van der Waals surface area contributed by atoms with Gasteiger partial charge in [-0.15, -0.1) is 0 Å². The SMILES string of the molecule is COc1cc(CO)cc(Br)c1OCc1cc(C)no1. The molecule has 0 saturated carbocycles. The van der Waals surface area contributed by atoms with E-state index in [-0.39, 0.29) is 13.2 Å². The largest absolute Gasteiger partial charge is 0.493 e. The van der Waals surface area contributed by atoms with Crippen molar-refractivity contribution in [3.8, 4) is 11.5 Å². The average Bonchev–Trinajstić information content (AvgIpc) is 2.82. The number of nitrogens with zero attached hydrogens (tertiary/aromatic N) is 1. The Bertz CT molecular complexity index is 568. The third kappa shape index (κ3) is 3.27. The van der Waals surface area contributed by atoms with Crippen molar-refractivity contribution in [2.24, 2.45) is 0 Å². The van der Waals surface area contributed by atoms with E-state index in [9.17, 15) is 0 Å². The highest BCUT2D eigenvalue weighted by atomic mass is 79.9. The molecule has 1 aromatic heterocycles. The summed E-state index contributed by atoms with van der Waals surface area (Å²) >= 11 is 3.40. The first kappa shape index (κ1) is 13.9. The minimum atomic E-state index is -0.0590. The average molecular weight is 328 g/mol. The lowest BCUT2D eigenvalue weighted by molar-refractivity contribution is 0.236. The van der Waals surface area contributed by atoms with Crippen LogP contribution < -0.4 is 9.47 Å². The Morgan fingerprint density at radius 3 is 2.74 bits per heavy atom. The number of hydrogen-bond donors (Lipinski definition) is 1. The molecule has 0 aliphatic rings. The van der Waals surface area contributed by atoms with Crippen LogP contribution in [0.1, 0.15) is 17.0 Å². The maximum Gasteiger partial charge on any atom is 0.176 e. The van der Waals surface area contributed by atoms with Crippen LogP contribution in [0, 0.1) is 6.92 Å². The molecule has 0 aliphatic heterocycles. The van der Waals surface area contributed by atoms with E-state index in [1.54, 1.807) is 19.2 Å². The van der Waals surface area contributed by atoms with Crippen molar-refractivity contribution in [2.75, 3.05) is 7.11 Å². The van der Waals surface area contributed by atoms with E-state index >= 15 is 0 Å². The predicted octanol–water partition coefficient (Wildman–Crippen LogP) is 2.83. The Morgan fingerprint density at radius 1 is 1.37 bits per heavy atom. The summed E-state index contributed by atoms with van der Waals surface area (Å²) in [5.74, 6) is 1.75. The number of aliphatic hydroxyl groups is 1. The molecule has 0 atom stereocenters. The van der Waals surface area contributed by atoms with E-state index < -0.39 is 0 Å². The van der Waals surface area contributed by atoms with Crippen molar-refractivity contribution < 1.29 is 19.1 Å². The molecule has 1 N–H and O–H groups in total. The topological polar surface area (TPSA) is 64.7 Å². The fourth-order valence-electron chi connectivity index (χ4n) is 1.63. The lowest BCUT2D eigenvalue weighted by Gasteiger charge is -2.12. The van der Waals surface area contributed by atoms with Crippen LogP contribution in [-0.4, -0.2) is 17.4 Å². The first-order chi connectivity index (χ1) is 9.13. The number of aliphatic hydroxyl groups excluding tert-OH is 1. The maximum atomic E-state index is 9.14. The number of benzene rings is 1. The summed E-state index contributed by atoms with van der Waals surface area (Å²) in [6.07, 6.45) is 0. The molecule has 2 aromatic rings. The molecule has 1 heterocycles. The van der Waals surface area contributed by atoms with Crippen molar-refractivity contribution in [2.45, 2.75) is 20.1 Å². The first-order valence-corrected chi connectivity index (χ1v) is 6.45. The molecule has 0 unspecified atom stereocenters. The lowest BCUT2D eigenvalue weighted by Crippen LogP contribution is -1.99. The number of aromatic nitrogens is 1. The molecule has 6 heteroatoms.